The number of anilines is 1. The van der Waals surface area contributed by atoms with E-state index in [1.807, 2.05) is 0 Å². The quantitative estimate of drug-likeness (QED) is 0.771. The van der Waals surface area contributed by atoms with E-state index in [1.165, 1.54) is 29.6 Å². The third kappa shape index (κ3) is 4.59. The number of rotatable bonds is 4. The van der Waals surface area contributed by atoms with Gasteiger partial charge in [-0.15, -0.1) is 0 Å². The second-order valence-corrected chi connectivity index (χ2v) is 3.61. The summed E-state index contributed by atoms with van der Waals surface area (Å²) in [5, 5.41) is 12.2. The number of amides is 2. The van der Waals surface area contributed by atoms with Crippen LogP contribution in [0.2, 0.25) is 0 Å². The van der Waals surface area contributed by atoms with Gasteiger partial charge < -0.3 is 15.7 Å². The van der Waals surface area contributed by atoms with Crippen molar-refractivity contribution in [2.24, 2.45) is 0 Å². The summed E-state index contributed by atoms with van der Waals surface area (Å²) < 4.78 is 35.5. The molecule has 0 radical (unpaired) electrons. The second kappa shape index (κ2) is 6.04. The van der Waals surface area contributed by atoms with Gasteiger partial charge in [-0.05, 0) is 24.3 Å². The number of hydrogen-bond donors (Lipinski definition) is 3. The maximum absolute atomic E-state index is 11.8. The molecular formula is C11H9F3N2O4. The SMILES string of the molecule is O=C(CNC(=O)C(F)(F)F)Nc1ccc(C(=O)O)cc1. The summed E-state index contributed by atoms with van der Waals surface area (Å²) in [6, 6.07) is 4.97. The van der Waals surface area contributed by atoms with E-state index in [0.717, 1.165) is 0 Å². The first-order valence-corrected chi connectivity index (χ1v) is 5.18. The number of carbonyl (C=O) groups excluding carboxylic acids is 2. The van der Waals surface area contributed by atoms with Crippen LogP contribution in [0.4, 0.5) is 18.9 Å². The normalized spacial score (nSPS) is 10.8. The first-order valence-electron chi connectivity index (χ1n) is 5.18. The molecule has 0 fully saturated rings. The lowest BCUT2D eigenvalue weighted by Crippen LogP contribution is -2.41. The highest BCUT2D eigenvalue weighted by Gasteiger charge is 2.38. The Hall–Kier alpha value is -2.58. The predicted molar refractivity (Wildman–Crippen MR) is 61.1 cm³/mol. The minimum absolute atomic E-state index is 0.00614. The lowest BCUT2D eigenvalue weighted by atomic mass is 10.2. The summed E-state index contributed by atoms with van der Waals surface area (Å²) in [6.07, 6.45) is -5.05. The second-order valence-electron chi connectivity index (χ2n) is 3.61. The third-order valence-electron chi connectivity index (χ3n) is 2.08. The minimum atomic E-state index is -5.05. The van der Waals surface area contributed by atoms with Crippen LogP contribution in [0.1, 0.15) is 10.4 Å². The Kier molecular flexibility index (Phi) is 4.68. The van der Waals surface area contributed by atoms with Gasteiger partial charge in [-0.25, -0.2) is 4.79 Å². The maximum atomic E-state index is 11.8. The average molecular weight is 290 g/mol. The third-order valence-corrected chi connectivity index (χ3v) is 2.08. The van der Waals surface area contributed by atoms with Gasteiger partial charge in [0.15, 0.2) is 0 Å². The van der Waals surface area contributed by atoms with Gasteiger partial charge in [0, 0.05) is 5.69 Å². The number of carboxylic acid groups (broad SMARTS) is 1. The van der Waals surface area contributed by atoms with E-state index in [1.54, 1.807) is 0 Å². The van der Waals surface area contributed by atoms with Crippen LogP contribution in [0.5, 0.6) is 0 Å². The van der Waals surface area contributed by atoms with Crippen molar-refractivity contribution in [2.45, 2.75) is 6.18 Å². The summed E-state index contributed by atoms with van der Waals surface area (Å²) in [5.74, 6) is -4.24. The minimum Gasteiger partial charge on any atom is -0.478 e. The molecule has 0 atom stereocenters. The van der Waals surface area contributed by atoms with Crippen molar-refractivity contribution in [1.29, 1.82) is 0 Å². The van der Waals surface area contributed by atoms with Gasteiger partial charge in [0.25, 0.3) is 0 Å². The molecular weight excluding hydrogens is 281 g/mol. The number of hydrogen-bond acceptors (Lipinski definition) is 3. The molecule has 108 valence electrons. The summed E-state index contributed by atoms with van der Waals surface area (Å²) in [5.41, 5.74) is 0.189. The molecule has 2 amide bonds. The Morgan fingerprint density at radius 1 is 1.10 bits per heavy atom. The van der Waals surface area contributed by atoms with Crippen LogP contribution in [-0.4, -0.2) is 35.6 Å². The number of nitrogens with one attached hydrogen (secondary N) is 2. The molecule has 0 aliphatic carbocycles. The van der Waals surface area contributed by atoms with Crippen LogP contribution in [-0.2, 0) is 9.59 Å². The van der Waals surface area contributed by atoms with Crippen LogP contribution >= 0.6 is 0 Å². The van der Waals surface area contributed by atoms with Crippen LogP contribution in [0.15, 0.2) is 24.3 Å². The highest BCUT2D eigenvalue weighted by atomic mass is 19.4. The first-order chi connectivity index (χ1) is 9.20. The van der Waals surface area contributed by atoms with Gasteiger partial charge >= 0.3 is 18.1 Å². The highest BCUT2D eigenvalue weighted by molar-refractivity contribution is 5.96. The molecule has 1 aromatic rings. The maximum Gasteiger partial charge on any atom is 0.471 e. The molecule has 6 nitrogen and oxygen atoms in total. The molecule has 0 saturated carbocycles. The smallest absolute Gasteiger partial charge is 0.471 e. The van der Waals surface area contributed by atoms with Gasteiger partial charge in [0.2, 0.25) is 5.91 Å². The number of carboxylic acids is 1. The molecule has 9 heteroatoms. The molecule has 0 aromatic heterocycles. The number of alkyl halides is 3. The summed E-state index contributed by atoms with van der Waals surface area (Å²) in [4.78, 5) is 32.3. The zero-order chi connectivity index (χ0) is 15.3. The van der Waals surface area contributed by atoms with Gasteiger partial charge in [-0.1, -0.05) is 0 Å². The van der Waals surface area contributed by atoms with E-state index >= 15 is 0 Å². The van der Waals surface area contributed by atoms with Gasteiger partial charge in [-0.2, -0.15) is 13.2 Å². The molecule has 0 unspecified atom stereocenters. The van der Waals surface area contributed by atoms with E-state index in [4.69, 9.17) is 5.11 Å². The molecule has 0 aliphatic rings. The monoisotopic (exact) mass is 290 g/mol. The standard InChI is InChI=1S/C11H9F3N2O4/c12-11(13,14)10(20)15-5-8(17)16-7-3-1-6(2-4-7)9(18)19/h1-4H,5H2,(H,15,20)(H,16,17)(H,18,19). The van der Waals surface area contributed by atoms with Crippen molar-refractivity contribution in [1.82, 2.24) is 5.32 Å². The van der Waals surface area contributed by atoms with E-state index in [-0.39, 0.29) is 11.3 Å². The van der Waals surface area contributed by atoms with Crippen molar-refractivity contribution in [3.8, 4) is 0 Å². The van der Waals surface area contributed by atoms with Gasteiger partial charge in [-0.3, -0.25) is 9.59 Å². The van der Waals surface area contributed by atoms with Crippen molar-refractivity contribution in [2.75, 3.05) is 11.9 Å². The topological polar surface area (TPSA) is 95.5 Å². The molecule has 1 aromatic carbocycles. The molecule has 0 aliphatic heterocycles. The van der Waals surface area contributed by atoms with E-state index < -0.39 is 30.5 Å². The van der Waals surface area contributed by atoms with E-state index in [2.05, 4.69) is 5.32 Å². The van der Waals surface area contributed by atoms with Crippen molar-refractivity contribution >= 4 is 23.5 Å². The highest BCUT2D eigenvalue weighted by Crippen LogP contribution is 2.14. The fourth-order valence-electron chi connectivity index (χ4n) is 1.16. The molecule has 0 saturated heterocycles. The van der Waals surface area contributed by atoms with E-state index in [0.29, 0.717) is 0 Å². The van der Waals surface area contributed by atoms with Crippen LogP contribution in [0.25, 0.3) is 0 Å². The number of aromatic carboxylic acids is 1. The number of halogens is 3. The van der Waals surface area contributed by atoms with E-state index in [9.17, 15) is 27.6 Å². The predicted octanol–water partition coefficient (Wildman–Crippen LogP) is 1.00. The molecule has 0 spiro atoms. The molecule has 3 N–H and O–H groups in total. The fraction of sp³-hybridized carbons (Fsp3) is 0.182. The van der Waals surface area contributed by atoms with Crippen molar-refractivity contribution < 1.29 is 32.7 Å². The molecule has 20 heavy (non-hydrogen) atoms. The average Bonchev–Trinajstić information content (AvgIpc) is 2.35. The molecule has 0 heterocycles. The molecule has 1 rings (SSSR count). The van der Waals surface area contributed by atoms with Crippen LogP contribution in [0, 0.1) is 0 Å². The molecule has 0 bridgehead atoms. The summed E-state index contributed by atoms with van der Waals surface area (Å²) in [7, 11) is 0. The van der Waals surface area contributed by atoms with Crippen LogP contribution < -0.4 is 10.6 Å². The van der Waals surface area contributed by atoms with Crippen molar-refractivity contribution in [3.05, 3.63) is 29.8 Å². The Morgan fingerprint density at radius 2 is 1.65 bits per heavy atom. The van der Waals surface area contributed by atoms with Crippen LogP contribution in [0.3, 0.4) is 0 Å². The number of carbonyl (C=O) groups is 3. The van der Waals surface area contributed by atoms with Gasteiger partial charge in [0.1, 0.15) is 0 Å². The summed E-state index contributed by atoms with van der Waals surface area (Å²) in [6.45, 7) is -0.848. The lowest BCUT2D eigenvalue weighted by molar-refractivity contribution is -0.173. The first kappa shape index (κ1) is 15.5. The Balaban J connectivity index is 2.51. The van der Waals surface area contributed by atoms with Gasteiger partial charge in [0.05, 0.1) is 12.1 Å². The zero-order valence-corrected chi connectivity index (χ0v) is 9.82. The van der Waals surface area contributed by atoms with Crippen molar-refractivity contribution in [3.63, 3.8) is 0 Å². The summed E-state index contributed by atoms with van der Waals surface area (Å²) >= 11 is 0. The Labute approximate surface area is 110 Å². The Bertz CT molecular complexity index is 525. The largest absolute Gasteiger partial charge is 0.478 e. The fourth-order valence-corrected chi connectivity index (χ4v) is 1.16. The number of benzene rings is 1. The zero-order valence-electron chi connectivity index (χ0n) is 9.82. The Morgan fingerprint density at radius 3 is 2.10 bits per heavy atom. The lowest BCUT2D eigenvalue weighted by Gasteiger charge is -2.08.